The molecular formula is C15H12Cl2N2O2. The molecule has 0 saturated heterocycles. The number of carbonyl (C=O) groups is 1. The van der Waals surface area contributed by atoms with Gasteiger partial charge in [0, 0.05) is 15.7 Å². The quantitative estimate of drug-likeness (QED) is 0.668. The van der Waals surface area contributed by atoms with E-state index < -0.39 is 0 Å². The Kier molecular flexibility index (Phi) is 5.60. The van der Waals surface area contributed by atoms with Crippen LogP contribution in [0, 0.1) is 0 Å². The van der Waals surface area contributed by atoms with Crippen molar-refractivity contribution in [3.63, 3.8) is 0 Å². The number of nitrogens with one attached hydrogen (secondary N) is 1. The zero-order valence-corrected chi connectivity index (χ0v) is 12.4. The first-order valence-electron chi connectivity index (χ1n) is 6.10. The summed E-state index contributed by atoms with van der Waals surface area (Å²) in [5, 5.41) is 7.56. The molecule has 0 radical (unpaired) electrons. The third-order valence-corrected chi connectivity index (χ3v) is 2.94. The number of halogens is 2. The Hall–Kier alpha value is -2.04. The van der Waals surface area contributed by atoms with Crippen molar-refractivity contribution in [1.29, 1.82) is 0 Å². The van der Waals surface area contributed by atoms with E-state index in [0.717, 1.165) is 5.56 Å². The van der Waals surface area contributed by atoms with Gasteiger partial charge in [-0.15, -0.1) is 0 Å². The van der Waals surface area contributed by atoms with Gasteiger partial charge in [-0.3, -0.25) is 4.79 Å². The SMILES string of the molecule is O=C(CO/N=C/c1ccc(Cl)cc1)Nc1cccc(Cl)c1. The summed E-state index contributed by atoms with van der Waals surface area (Å²) in [6.45, 7) is -0.184. The number of carbonyl (C=O) groups excluding carboxylic acids is 1. The molecule has 6 heteroatoms. The number of oxime groups is 1. The number of nitrogens with zero attached hydrogens (tertiary/aromatic N) is 1. The summed E-state index contributed by atoms with van der Waals surface area (Å²) < 4.78 is 0. The lowest BCUT2D eigenvalue weighted by Crippen LogP contribution is -2.16. The van der Waals surface area contributed by atoms with Gasteiger partial charge < -0.3 is 10.2 Å². The summed E-state index contributed by atoms with van der Waals surface area (Å²) in [5.74, 6) is -0.314. The van der Waals surface area contributed by atoms with Gasteiger partial charge in [0.25, 0.3) is 5.91 Å². The van der Waals surface area contributed by atoms with Gasteiger partial charge in [0.2, 0.25) is 0 Å². The van der Waals surface area contributed by atoms with Crippen molar-refractivity contribution >= 4 is 41.0 Å². The fourth-order valence-electron chi connectivity index (χ4n) is 1.51. The molecular weight excluding hydrogens is 311 g/mol. The summed E-state index contributed by atoms with van der Waals surface area (Å²) in [7, 11) is 0. The van der Waals surface area contributed by atoms with Gasteiger partial charge in [-0.05, 0) is 35.9 Å². The number of amides is 1. The van der Waals surface area contributed by atoms with Crippen molar-refractivity contribution in [2.45, 2.75) is 0 Å². The minimum Gasteiger partial charge on any atom is -0.386 e. The second-order valence-electron chi connectivity index (χ2n) is 4.12. The minimum atomic E-state index is -0.314. The van der Waals surface area contributed by atoms with Crippen LogP contribution < -0.4 is 5.32 Å². The Morgan fingerprint density at radius 3 is 2.62 bits per heavy atom. The summed E-state index contributed by atoms with van der Waals surface area (Å²) >= 11 is 11.6. The standard InChI is InChI=1S/C15H12Cl2N2O2/c16-12-6-4-11(5-7-12)9-18-21-10-15(20)19-14-3-1-2-13(17)8-14/h1-9H,10H2,(H,19,20)/b18-9+. The van der Waals surface area contributed by atoms with E-state index in [1.54, 1.807) is 48.5 Å². The molecule has 1 amide bonds. The van der Waals surface area contributed by atoms with Gasteiger partial charge in [0.15, 0.2) is 6.61 Å². The summed E-state index contributed by atoms with van der Waals surface area (Å²) in [6.07, 6.45) is 1.50. The Morgan fingerprint density at radius 2 is 1.90 bits per heavy atom. The first kappa shape index (κ1) is 15.4. The number of anilines is 1. The highest BCUT2D eigenvalue weighted by atomic mass is 35.5. The molecule has 0 aromatic heterocycles. The number of hydrogen-bond acceptors (Lipinski definition) is 3. The lowest BCUT2D eigenvalue weighted by Gasteiger charge is -2.04. The fraction of sp³-hybridized carbons (Fsp3) is 0.0667. The van der Waals surface area contributed by atoms with E-state index in [2.05, 4.69) is 10.5 Å². The average molecular weight is 323 g/mol. The van der Waals surface area contributed by atoms with Crippen LogP contribution in [-0.4, -0.2) is 18.7 Å². The molecule has 0 unspecified atom stereocenters. The zero-order valence-electron chi connectivity index (χ0n) is 10.9. The molecule has 108 valence electrons. The molecule has 2 aromatic carbocycles. The van der Waals surface area contributed by atoms with E-state index in [4.69, 9.17) is 28.0 Å². The molecule has 0 aliphatic carbocycles. The van der Waals surface area contributed by atoms with Gasteiger partial charge in [-0.25, -0.2) is 0 Å². The largest absolute Gasteiger partial charge is 0.386 e. The van der Waals surface area contributed by atoms with Crippen LogP contribution in [0.2, 0.25) is 10.0 Å². The van der Waals surface area contributed by atoms with E-state index in [1.165, 1.54) is 6.21 Å². The molecule has 0 fully saturated rings. The summed E-state index contributed by atoms with van der Waals surface area (Å²) in [4.78, 5) is 16.5. The lowest BCUT2D eigenvalue weighted by atomic mass is 10.2. The molecule has 2 aromatic rings. The van der Waals surface area contributed by atoms with E-state index in [9.17, 15) is 4.79 Å². The minimum absolute atomic E-state index is 0.184. The van der Waals surface area contributed by atoms with Crippen molar-refractivity contribution in [3.05, 3.63) is 64.1 Å². The first-order chi connectivity index (χ1) is 10.1. The number of hydrogen-bond donors (Lipinski definition) is 1. The van der Waals surface area contributed by atoms with E-state index in [-0.39, 0.29) is 12.5 Å². The van der Waals surface area contributed by atoms with Gasteiger partial charge >= 0.3 is 0 Å². The van der Waals surface area contributed by atoms with Crippen molar-refractivity contribution < 1.29 is 9.63 Å². The van der Waals surface area contributed by atoms with Crippen LogP contribution in [0.3, 0.4) is 0 Å². The summed E-state index contributed by atoms with van der Waals surface area (Å²) in [5.41, 5.74) is 1.44. The number of rotatable bonds is 5. The zero-order chi connectivity index (χ0) is 15.1. The second kappa shape index (κ2) is 7.67. The molecule has 0 atom stereocenters. The van der Waals surface area contributed by atoms with Crippen LogP contribution >= 0.6 is 23.2 Å². The van der Waals surface area contributed by atoms with Crippen LogP contribution in [0.4, 0.5) is 5.69 Å². The Morgan fingerprint density at radius 1 is 1.14 bits per heavy atom. The maximum Gasteiger partial charge on any atom is 0.265 e. The molecule has 0 aliphatic rings. The lowest BCUT2D eigenvalue weighted by molar-refractivity contribution is -0.120. The maximum absolute atomic E-state index is 11.6. The number of benzene rings is 2. The third-order valence-electron chi connectivity index (χ3n) is 2.45. The third kappa shape index (κ3) is 5.45. The maximum atomic E-state index is 11.6. The van der Waals surface area contributed by atoms with Gasteiger partial charge in [-0.2, -0.15) is 0 Å². The van der Waals surface area contributed by atoms with Crippen molar-refractivity contribution in [2.75, 3.05) is 11.9 Å². The highest BCUT2D eigenvalue weighted by Crippen LogP contribution is 2.14. The highest BCUT2D eigenvalue weighted by Gasteiger charge is 2.02. The van der Waals surface area contributed by atoms with Crippen LogP contribution in [0.1, 0.15) is 5.56 Å². The first-order valence-corrected chi connectivity index (χ1v) is 6.85. The molecule has 1 N–H and O–H groups in total. The molecule has 21 heavy (non-hydrogen) atoms. The van der Waals surface area contributed by atoms with E-state index in [0.29, 0.717) is 15.7 Å². The average Bonchev–Trinajstić information content (AvgIpc) is 2.45. The molecule has 0 aliphatic heterocycles. The summed E-state index contributed by atoms with van der Waals surface area (Å²) in [6, 6.07) is 13.9. The predicted octanol–water partition coefficient (Wildman–Crippen LogP) is 3.98. The molecule has 4 nitrogen and oxygen atoms in total. The van der Waals surface area contributed by atoms with E-state index >= 15 is 0 Å². The second-order valence-corrected chi connectivity index (χ2v) is 4.99. The van der Waals surface area contributed by atoms with Crippen molar-refractivity contribution in [2.24, 2.45) is 5.16 Å². The molecule has 2 rings (SSSR count). The Bertz CT molecular complexity index is 642. The normalized spacial score (nSPS) is 10.6. The van der Waals surface area contributed by atoms with Crippen LogP contribution in [-0.2, 0) is 9.63 Å². The van der Waals surface area contributed by atoms with Gasteiger partial charge in [0.1, 0.15) is 0 Å². The van der Waals surface area contributed by atoms with Gasteiger partial charge in [0.05, 0.1) is 6.21 Å². The van der Waals surface area contributed by atoms with Crippen LogP contribution in [0.5, 0.6) is 0 Å². The molecule has 0 saturated carbocycles. The van der Waals surface area contributed by atoms with Crippen LogP contribution in [0.25, 0.3) is 0 Å². The van der Waals surface area contributed by atoms with Crippen LogP contribution in [0.15, 0.2) is 53.7 Å². The van der Waals surface area contributed by atoms with E-state index in [1.807, 2.05) is 0 Å². The highest BCUT2D eigenvalue weighted by molar-refractivity contribution is 6.31. The molecule has 0 bridgehead atoms. The van der Waals surface area contributed by atoms with Crippen molar-refractivity contribution in [1.82, 2.24) is 0 Å². The Labute approximate surface area is 132 Å². The predicted molar refractivity (Wildman–Crippen MR) is 85.1 cm³/mol. The topological polar surface area (TPSA) is 50.7 Å². The smallest absolute Gasteiger partial charge is 0.265 e. The monoisotopic (exact) mass is 322 g/mol. The Balaban J connectivity index is 1.78. The van der Waals surface area contributed by atoms with Gasteiger partial charge in [-0.1, -0.05) is 46.6 Å². The molecule has 0 heterocycles. The molecule has 0 spiro atoms. The van der Waals surface area contributed by atoms with Crippen molar-refractivity contribution in [3.8, 4) is 0 Å². The fourth-order valence-corrected chi connectivity index (χ4v) is 1.82.